The van der Waals surface area contributed by atoms with E-state index in [0.717, 1.165) is 31.1 Å². The summed E-state index contributed by atoms with van der Waals surface area (Å²) in [5.74, 6) is 1.63. The van der Waals surface area contributed by atoms with E-state index in [2.05, 4.69) is 37.7 Å². The third-order valence-electron chi connectivity index (χ3n) is 5.19. The molecule has 1 aliphatic heterocycles. The summed E-state index contributed by atoms with van der Waals surface area (Å²) in [4.78, 5) is 18.1. The van der Waals surface area contributed by atoms with Crippen molar-refractivity contribution in [3.05, 3.63) is 42.0 Å². The number of likely N-dealkylation sites (tertiary alicyclic amines) is 1. The summed E-state index contributed by atoms with van der Waals surface area (Å²) >= 11 is 0. The molecule has 0 aromatic carbocycles. The van der Waals surface area contributed by atoms with Gasteiger partial charge in [-0.25, -0.2) is 9.97 Å². The lowest BCUT2D eigenvalue weighted by molar-refractivity contribution is 0.323. The highest BCUT2D eigenvalue weighted by atomic mass is 16.5. The van der Waals surface area contributed by atoms with E-state index in [9.17, 15) is 0 Å². The highest BCUT2D eigenvalue weighted by Gasteiger charge is 2.38. The number of nitrogens with zero attached hydrogens (tertiary/aromatic N) is 5. The first-order chi connectivity index (χ1) is 12.2. The molecule has 25 heavy (non-hydrogen) atoms. The van der Waals surface area contributed by atoms with Crippen molar-refractivity contribution in [3.8, 4) is 5.88 Å². The maximum absolute atomic E-state index is 5.29. The largest absolute Gasteiger partial charge is 0.481 e. The Morgan fingerprint density at radius 2 is 2.08 bits per heavy atom. The van der Waals surface area contributed by atoms with E-state index in [-0.39, 0.29) is 0 Å². The number of ether oxygens (including phenoxy) is 1. The average molecular weight is 339 g/mol. The number of hydrogen-bond donors (Lipinski definition) is 0. The van der Waals surface area contributed by atoms with Gasteiger partial charge in [-0.3, -0.25) is 9.88 Å². The van der Waals surface area contributed by atoms with Gasteiger partial charge in [0.15, 0.2) is 0 Å². The maximum Gasteiger partial charge on any atom is 0.218 e. The molecule has 0 radical (unpaired) electrons. The molecular formula is C19H25N5O. The zero-order chi connectivity index (χ0) is 17.2. The third-order valence-corrected chi connectivity index (χ3v) is 5.19. The molecule has 1 unspecified atom stereocenters. The van der Waals surface area contributed by atoms with Crippen LogP contribution in [0.25, 0.3) is 0 Å². The minimum Gasteiger partial charge on any atom is -0.481 e. The number of rotatable bonds is 6. The molecule has 0 spiro atoms. The lowest BCUT2D eigenvalue weighted by Crippen LogP contribution is -2.40. The number of pyridine rings is 1. The van der Waals surface area contributed by atoms with Crippen LogP contribution in [0.2, 0.25) is 0 Å². The van der Waals surface area contributed by atoms with Crippen molar-refractivity contribution in [1.82, 2.24) is 19.9 Å². The van der Waals surface area contributed by atoms with Gasteiger partial charge in [0.25, 0.3) is 0 Å². The second-order valence-electron chi connectivity index (χ2n) is 6.98. The van der Waals surface area contributed by atoms with Gasteiger partial charge in [0.1, 0.15) is 12.1 Å². The van der Waals surface area contributed by atoms with Crippen LogP contribution in [0.4, 0.5) is 5.82 Å². The number of anilines is 1. The lowest BCUT2D eigenvalue weighted by Gasteiger charge is -2.30. The summed E-state index contributed by atoms with van der Waals surface area (Å²) in [7, 11) is 1.65. The lowest BCUT2D eigenvalue weighted by atomic mass is 10.2. The molecule has 1 saturated carbocycles. The number of hydrogen-bond acceptors (Lipinski definition) is 6. The first-order valence-corrected chi connectivity index (χ1v) is 9.02. The van der Waals surface area contributed by atoms with Crippen molar-refractivity contribution in [2.24, 2.45) is 0 Å². The van der Waals surface area contributed by atoms with E-state index in [1.807, 2.05) is 18.3 Å². The first-order valence-electron chi connectivity index (χ1n) is 9.02. The predicted molar refractivity (Wildman–Crippen MR) is 96.7 cm³/mol. The average Bonchev–Trinajstić information content (AvgIpc) is 3.36. The van der Waals surface area contributed by atoms with Crippen molar-refractivity contribution in [3.63, 3.8) is 0 Å². The first kappa shape index (κ1) is 16.3. The fraction of sp³-hybridized carbons (Fsp3) is 0.526. The quantitative estimate of drug-likeness (QED) is 0.806. The smallest absolute Gasteiger partial charge is 0.218 e. The van der Waals surface area contributed by atoms with Crippen LogP contribution in [-0.4, -0.2) is 52.1 Å². The van der Waals surface area contributed by atoms with Crippen molar-refractivity contribution in [1.29, 1.82) is 0 Å². The molecule has 2 fully saturated rings. The molecular weight excluding hydrogens is 314 g/mol. The summed E-state index contributed by atoms with van der Waals surface area (Å²) in [5, 5.41) is 0. The highest BCUT2D eigenvalue weighted by molar-refractivity contribution is 5.45. The Labute approximate surface area is 148 Å². The number of aryl methyl sites for hydroxylation is 1. The fourth-order valence-electron chi connectivity index (χ4n) is 3.72. The van der Waals surface area contributed by atoms with E-state index in [1.165, 1.54) is 24.8 Å². The van der Waals surface area contributed by atoms with E-state index in [1.54, 1.807) is 13.4 Å². The summed E-state index contributed by atoms with van der Waals surface area (Å²) < 4.78 is 5.29. The molecule has 0 N–H and O–H groups in total. The molecule has 0 bridgehead atoms. The maximum atomic E-state index is 5.29. The van der Waals surface area contributed by atoms with Crippen LogP contribution in [0.15, 0.2) is 30.7 Å². The summed E-state index contributed by atoms with van der Waals surface area (Å²) in [5.41, 5.74) is 2.45. The highest BCUT2D eigenvalue weighted by Crippen LogP contribution is 2.35. The zero-order valence-electron chi connectivity index (χ0n) is 14.9. The fourth-order valence-corrected chi connectivity index (χ4v) is 3.72. The molecule has 0 amide bonds. The van der Waals surface area contributed by atoms with Crippen LogP contribution >= 0.6 is 0 Å². The van der Waals surface area contributed by atoms with Crippen molar-refractivity contribution in [2.75, 3.05) is 25.1 Å². The van der Waals surface area contributed by atoms with Crippen LogP contribution in [0.1, 0.15) is 30.5 Å². The normalized spacial score (nSPS) is 20.6. The second kappa shape index (κ2) is 6.96. The van der Waals surface area contributed by atoms with E-state index < -0.39 is 0 Å². The molecule has 4 rings (SSSR count). The Morgan fingerprint density at radius 3 is 2.84 bits per heavy atom. The summed E-state index contributed by atoms with van der Waals surface area (Å²) in [6.07, 6.45) is 7.15. The Bertz CT molecular complexity index is 733. The van der Waals surface area contributed by atoms with Crippen molar-refractivity contribution in [2.45, 2.75) is 44.8 Å². The minimum atomic E-state index is 0.504. The van der Waals surface area contributed by atoms with Gasteiger partial charge in [-0.05, 0) is 37.8 Å². The van der Waals surface area contributed by atoms with E-state index in [4.69, 9.17) is 4.74 Å². The zero-order valence-corrected chi connectivity index (χ0v) is 14.9. The molecule has 132 valence electrons. The van der Waals surface area contributed by atoms with Gasteiger partial charge >= 0.3 is 0 Å². The molecule has 3 heterocycles. The third kappa shape index (κ3) is 3.58. The number of methoxy groups -OCH3 is 1. The predicted octanol–water partition coefficient (Wildman–Crippen LogP) is 2.43. The Morgan fingerprint density at radius 1 is 1.20 bits per heavy atom. The summed E-state index contributed by atoms with van der Waals surface area (Å²) in [6, 6.07) is 7.30. The Hall–Kier alpha value is -2.21. The van der Waals surface area contributed by atoms with Gasteiger partial charge in [0.2, 0.25) is 5.88 Å². The molecule has 1 atom stereocenters. The molecule has 6 heteroatoms. The van der Waals surface area contributed by atoms with Gasteiger partial charge in [0, 0.05) is 49.7 Å². The van der Waals surface area contributed by atoms with Gasteiger partial charge in [-0.2, -0.15) is 0 Å². The molecule has 1 saturated heterocycles. The monoisotopic (exact) mass is 339 g/mol. The molecule has 2 aromatic heterocycles. The molecule has 1 aliphatic carbocycles. The van der Waals surface area contributed by atoms with Gasteiger partial charge < -0.3 is 9.64 Å². The summed E-state index contributed by atoms with van der Waals surface area (Å²) in [6.45, 7) is 5.25. The SMILES string of the molecule is COc1cc(N(C2CC2)C2CCN(Cc3cccnc3C)C2)ncn1. The van der Waals surface area contributed by atoms with Crippen molar-refractivity contribution >= 4 is 5.82 Å². The number of aromatic nitrogens is 3. The van der Waals surface area contributed by atoms with E-state index in [0.29, 0.717) is 18.0 Å². The van der Waals surface area contributed by atoms with Crippen LogP contribution in [0, 0.1) is 6.92 Å². The van der Waals surface area contributed by atoms with Crippen LogP contribution in [0.3, 0.4) is 0 Å². The van der Waals surface area contributed by atoms with Gasteiger partial charge in [-0.15, -0.1) is 0 Å². The standard InChI is InChI=1S/C19H25N5O/c1-14-15(4-3-8-20-14)11-23-9-7-17(12-23)24(16-5-6-16)18-10-19(25-2)22-13-21-18/h3-4,8,10,13,16-17H,5-7,9,11-12H2,1-2H3. The molecule has 2 aliphatic rings. The second-order valence-corrected chi connectivity index (χ2v) is 6.98. The topological polar surface area (TPSA) is 54.4 Å². The Balaban J connectivity index is 1.48. The van der Waals surface area contributed by atoms with E-state index >= 15 is 0 Å². The molecule has 2 aromatic rings. The minimum absolute atomic E-state index is 0.504. The van der Waals surface area contributed by atoms with Gasteiger partial charge in [-0.1, -0.05) is 6.07 Å². The van der Waals surface area contributed by atoms with Crippen molar-refractivity contribution < 1.29 is 4.74 Å². The van der Waals surface area contributed by atoms with Crippen LogP contribution in [0.5, 0.6) is 5.88 Å². The Kier molecular flexibility index (Phi) is 4.53. The van der Waals surface area contributed by atoms with Gasteiger partial charge in [0.05, 0.1) is 7.11 Å². The van der Waals surface area contributed by atoms with Crippen LogP contribution < -0.4 is 9.64 Å². The van der Waals surface area contributed by atoms with Crippen LogP contribution in [-0.2, 0) is 6.54 Å². The molecule has 6 nitrogen and oxygen atoms in total.